The highest BCUT2D eigenvalue weighted by Crippen LogP contribution is 2.40. The van der Waals surface area contributed by atoms with Gasteiger partial charge in [0.2, 0.25) is 0 Å². The average molecular weight is 270 g/mol. The van der Waals surface area contributed by atoms with E-state index < -0.39 is 0 Å². The van der Waals surface area contributed by atoms with Gasteiger partial charge in [-0.3, -0.25) is 0 Å². The topological polar surface area (TPSA) is 47.1 Å². The molecule has 4 nitrogen and oxygen atoms in total. The fourth-order valence-electron chi connectivity index (χ4n) is 3.01. The molecule has 106 valence electrons. The standard InChI is InChI=1S/C16H22N4/c1-19(13-5-6-13)8-9-20-15-7-4-12(17)10-14(15)18-16(20)11-2-3-11/h4,7,10-11,13H,2-3,5-6,8-9,17H2,1H3. The molecule has 2 fully saturated rings. The van der Waals surface area contributed by atoms with Crippen LogP contribution in [-0.2, 0) is 6.54 Å². The van der Waals surface area contributed by atoms with E-state index in [1.54, 1.807) is 0 Å². The summed E-state index contributed by atoms with van der Waals surface area (Å²) in [5.41, 5.74) is 8.99. The number of hydrogen-bond acceptors (Lipinski definition) is 3. The molecule has 0 amide bonds. The van der Waals surface area contributed by atoms with Crippen LogP contribution in [0, 0.1) is 0 Å². The average Bonchev–Trinajstić information content (AvgIpc) is 3.32. The fourth-order valence-corrected chi connectivity index (χ4v) is 3.01. The number of hydrogen-bond donors (Lipinski definition) is 1. The molecule has 1 heterocycles. The Morgan fingerprint density at radius 3 is 2.80 bits per heavy atom. The molecule has 2 N–H and O–H groups in total. The predicted octanol–water partition coefficient (Wildman–Crippen LogP) is 2.59. The van der Waals surface area contributed by atoms with Crippen LogP contribution in [0.1, 0.15) is 37.4 Å². The van der Waals surface area contributed by atoms with Crippen LogP contribution < -0.4 is 5.73 Å². The fraction of sp³-hybridized carbons (Fsp3) is 0.562. The summed E-state index contributed by atoms with van der Waals surface area (Å²) in [4.78, 5) is 7.32. The third-order valence-electron chi connectivity index (χ3n) is 4.59. The van der Waals surface area contributed by atoms with Crippen molar-refractivity contribution in [1.82, 2.24) is 14.5 Å². The molecule has 4 rings (SSSR count). The number of nitrogen functional groups attached to an aromatic ring is 1. The van der Waals surface area contributed by atoms with E-state index >= 15 is 0 Å². The van der Waals surface area contributed by atoms with Crippen LogP contribution in [0.2, 0.25) is 0 Å². The quantitative estimate of drug-likeness (QED) is 0.850. The van der Waals surface area contributed by atoms with Gasteiger partial charge in [0.15, 0.2) is 0 Å². The number of likely N-dealkylation sites (N-methyl/N-ethyl adjacent to an activating group) is 1. The van der Waals surface area contributed by atoms with Gasteiger partial charge in [0.25, 0.3) is 0 Å². The maximum absolute atomic E-state index is 5.89. The van der Waals surface area contributed by atoms with Crippen molar-refractivity contribution in [2.75, 3.05) is 19.3 Å². The molecule has 2 saturated carbocycles. The second kappa shape index (κ2) is 4.48. The van der Waals surface area contributed by atoms with E-state index in [4.69, 9.17) is 10.7 Å². The lowest BCUT2D eigenvalue weighted by atomic mass is 10.3. The van der Waals surface area contributed by atoms with Crippen LogP contribution in [0.5, 0.6) is 0 Å². The number of anilines is 1. The van der Waals surface area contributed by atoms with Gasteiger partial charge in [0.1, 0.15) is 5.82 Å². The Morgan fingerprint density at radius 1 is 1.30 bits per heavy atom. The molecule has 4 heteroatoms. The van der Waals surface area contributed by atoms with E-state index in [2.05, 4.69) is 22.6 Å². The lowest BCUT2D eigenvalue weighted by molar-refractivity contribution is 0.309. The number of imidazole rings is 1. The molecule has 2 aliphatic carbocycles. The van der Waals surface area contributed by atoms with Gasteiger partial charge in [0, 0.05) is 30.7 Å². The first-order valence-corrected chi connectivity index (χ1v) is 7.68. The first-order valence-electron chi connectivity index (χ1n) is 7.68. The Balaban J connectivity index is 1.65. The molecule has 0 atom stereocenters. The molecule has 1 aromatic heterocycles. The third kappa shape index (κ3) is 2.18. The highest BCUT2D eigenvalue weighted by molar-refractivity contribution is 5.79. The van der Waals surface area contributed by atoms with E-state index in [9.17, 15) is 0 Å². The Morgan fingerprint density at radius 2 is 2.10 bits per heavy atom. The Bertz CT molecular complexity index is 637. The van der Waals surface area contributed by atoms with E-state index in [0.717, 1.165) is 30.3 Å². The van der Waals surface area contributed by atoms with Crippen molar-refractivity contribution < 1.29 is 0 Å². The van der Waals surface area contributed by atoms with Gasteiger partial charge in [-0.15, -0.1) is 0 Å². The number of nitrogens with two attached hydrogens (primary N) is 1. The number of aromatic nitrogens is 2. The Hall–Kier alpha value is -1.55. The maximum Gasteiger partial charge on any atom is 0.113 e. The zero-order valence-corrected chi connectivity index (χ0v) is 12.0. The first-order chi connectivity index (χ1) is 9.72. The Kier molecular flexibility index (Phi) is 2.74. The van der Waals surface area contributed by atoms with Crippen LogP contribution in [-0.4, -0.2) is 34.1 Å². The van der Waals surface area contributed by atoms with E-state index in [1.165, 1.54) is 37.0 Å². The van der Waals surface area contributed by atoms with Crippen LogP contribution in [0.4, 0.5) is 5.69 Å². The smallest absolute Gasteiger partial charge is 0.113 e. The monoisotopic (exact) mass is 270 g/mol. The minimum Gasteiger partial charge on any atom is -0.399 e. The lowest BCUT2D eigenvalue weighted by Crippen LogP contribution is -2.25. The number of fused-ring (bicyclic) bond motifs is 1. The molecule has 0 aliphatic heterocycles. The minimum absolute atomic E-state index is 0.676. The van der Waals surface area contributed by atoms with Gasteiger partial charge in [0.05, 0.1) is 11.0 Å². The number of nitrogens with zero attached hydrogens (tertiary/aromatic N) is 3. The van der Waals surface area contributed by atoms with Gasteiger partial charge < -0.3 is 15.2 Å². The van der Waals surface area contributed by atoms with Crippen LogP contribution in [0.25, 0.3) is 11.0 Å². The zero-order chi connectivity index (χ0) is 13.7. The van der Waals surface area contributed by atoms with Crippen LogP contribution >= 0.6 is 0 Å². The van der Waals surface area contributed by atoms with Gasteiger partial charge >= 0.3 is 0 Å². The van der Waals surface area contributed by atoms with Crippen LogP contribution in [0.15, 0.2) is 18.2 Å². The summed E-state index contributed by atoms with van der Waals surface area (Å²) < 4.78 is 2.42. The first kappa shape index (κ1) is 12.2. The van der Waals surface area contributed by atoms with Crippen molar-refractivity contribution in [3.8, 4) is 0 Å². The molecule has 0 saturated heterocycles. The predicted molar refractivity (Wildman–Crippen MR) is 81.8 cm³/mol. The molecule has 0 bridgehead atoms. The van der Waals surface area contributed by atoms with Crippen molar-refractivity contribution in [3.05, 3.63) is 24.0 Å². The maximum atomic E-state index is 5.89. The normalized spacial score (nSPS) is 19.1. The molecule has 1 aromatic carbocycles. The third-order valence-corrected chi connectivity index (χ3v) is 4.59. The highest BCUT2D eigenvalue weighted by Gasteiger charge is 2.30. The van der Waals surface area contributed by atoms with E-state index in [1.807, 2.05) is 12.1 Å². The van der Waals surface area contributed by atoms with Gasteiger partial charge in [-0.1, -0.05) is 0 Å². The molecule has 2 aromatic rings. The molecular weight excluding hydrogens is 248 g/mol. The summed E-state index contributed by atoms with van der Waals surface area (Å²) >= 11 is 0. The molecule has 2 aliphatic rings. The van der Waals surface area contributed by atoms with Crippen LogP contribution in [0.3, 0.4) is 0 Å². The Labute approximate surface area is 119 Å². The number of benzene rings is 1. The van der Waals surface area contributed by atoms with Crippen molar-refractivity contribution in [2.24, 2.45) is 0 Å². The summed E-state index contributed by atoms with van der Waals surface area (Å²) in [5, 5.41) is 0. The van der Waals surface area contributed by atoms with Gasteiger partial charge in [-0.05, 0) is 50.9 Å². The zero-order valence-electron chi connectivity index (χ0n) is 12.0. The second-order valence-corrected chi connectivity index (χ2v) is 6.36. The van der Waals surface area contributed by atoms with E-state index in [-0.39, 0.29) is 0 Å². The number of rotatable bonds is 5. The van der Waals surface area contributed by atoms with Gasteiger partial charge in [-0.25, -0.2) is 4.98 Å². The van der Waals surface area contributed by atoms with Crippen molar-refractivity contribution in [2.45, 2.75) is 44.2 Å². The summed E-state index contributed by atoms with van der Waals surface area (Å²) in [6.07, 6.45) is 5.31. The van der Waals surface area contributed by atoms with Crippen molar-refractivity contribution >= 4 is 16.7 Å². The summed E-state index contributed by atoms with van der Waals surface area (Å²) in [5.74, 6) is 1.95. The molecule has 0 radical (unpaired) electrons. The second-order valence-electron chi connectivity index (χ2n) is 6.36. The largest absolute Gasteiger partial charge is 0.399 e. The van der Waals surface area contributed by atoms with Crippen molar-refractivity contribution in [3.63, 3.8) is 0 Å². The molecule has 0 unspecified atom stereocenters. The SMILES string of the molecule is CN(CCn1c(C2CC2)nc2cc(N)ccc21)C1CC1. The molecule has 20 heavy (non-hydrogen) atoms. The summed E-state index contributed by atoms with van der Waals surface area (Å²) in [6, 6.07) is 6.94. The highest BCUT2D eigenvalue weighted by atomic mass is 15.2. The summed E-state index contributed by atoms with van der Waals surface area (Å²) in [6.45, 7) is 2.15. The van der Waals surface area contributed by atoms with Crippen molar-refractivity contribution in [1.29, 1.82) is 0 Å². The van der Waals surface area contributed by atoms with E-state index in [0.29, 0.717) is 5.92 Å². The molecular formula is C16H22N4. The van der Waals surface area contributed by atoms with Gasteiger partial charge in [-0.2, -0.15) is 0 Å². The minimum atomic E-state index is 0.676. The molecule has 0 spiro atoms. The lowest BCUT2D eigenvalue weighted by Gasteiger charge is -2.17. The summed E-state index contributed by atoms with van der Waals surface area (Å²) in [7, 11) is 2.24.